The van der Waals surface area contributed by atoms with Crippen LogP contribution < -0.4 is 4.90 Å². The number of hydrogen-bond acceptors (Lipinski definition) is 3. The van der Waals surface area contributed by atoms with E-state index in [2.05, 4.69) is 54.3 Å². The Morgan fingerprint density at radius 3 is 2.35 bits per heavy atom. The SMILES string of the molecule is Cc1cccc(N(c2ccc3ccccc3c2)c2ccc(C(=O)O)s2)c1. The van der Waals surface area contributed by atoms with Crippen LogP contribution in [0.25, 0.3) is 10.8 Å². The van der Waals surface area contributed by atoms with Crippen molar-refractivity contribution in [3.63, 3.8) is 0 Å². The Labute approximate surface area is 155 Å². The standard InChI is InChI=1S/C22H17NO2S/c1-15-5-4-8-18(13-15)23(21-12-11-20(26-21)22(24)25)19-10-9-16-6-2-3-7-17(16)14-19/h2-14H,1H3,(H,24,25). The summed E-state index contributed by atoms with van der Waals surface area (Å²) in [5, 5.41) is 12.5. The number of fused-ring (bicyclic) bond motifs is 1. The van der Waals surface area contributed by atoms with Crippen LogP contribution in [0.5, 0.6) is 0 Å². The summed E-state index contributed by atoms with van der Waals surface area (Å²) >= 11 is 1.28. The summed E-state index contributed by atoms with van der Waals surface area (Å²) in [6.45, 7) is 2.05. The van der Waals surface area contributed by atoms with Crippen molar-refractivity contribution in [1.29, 1.82) is 0 Å². The zero-order valence-electron chi connectivity index (χ0n) is 14.2. The minimum Gasteiger partial charge on any atom is -0.477 e. The van der Waals surface area contributed by atoms with E-state index < -0.39 is 5.97 Å². The number of carbonyl (C=O) groups is 1. The number of thiophene rings is 1. The average Bonchev–Trinajstić information content (AvgIpc) is 3.12. The van der Waals surface area contributed by atoms with Gasteiger partial charge in [0.25, 0.3) is 0 Å². The van der Waals surface area contributed by atoms with Gasteiger partial charge >= 0.3 is 5.97 Å². The highest BCUT2D eigenvalue weighted by Crippen LogP contribution is 2.40. The Kier molecular flexibility index (Phi) is 4.19. The Hall–Kier alpha value is -3.11. The molecule has 0 radical (unpaired) electrons. The van der Waals surface area contributed by atoms with Gasteiger partial charge in [0, 0.05) is 11.4 Å². The Balaban J connectivity index is 1.89. The predicted molar refractivity (Wildman–Crippen MR) is 108 cm³/mol. The van der Waals surface area contributed by atoms with Crippen molar-refractivity contribution >= 4 is 44.5 Å². The maximum atomic E-state index is 11.3. The molecule has 3 aromatic carbocycles. The molecule has 1 heterocycles. The highest BCUT2D eigenvalue weighted by atomic mass is 32.1. The fraction of sp³-hybridized carbons (Fsp3) is 0.0455. The van der Waals surface area contributed by atoms with Crippen LogP contribution in [0.1, 0.15) is 15.2 Å². The molecule has 0 aliphatic rings. The summed E-state index contributed by atoms with van der Waals surface area (Å²) in [5.41, 5.74) is 3.18. The second-order valence-corrected chi connectivity index (χ2v) is 7.21. The number of aromatic carboxylic acids is 1. The number of nitrogens with zero attached hydrogens (tertiary/aromatic N) is 1. The lowest BCUT2D eigenvalue weighted by atomic mass is 10.1. The molecule has 1 aromatic heterocycles. The van der Waals surface area contributed by atoms with Crippen molar-refractivity contribution in [1.82, 2.24) is 0 Å². The molecule has 4 rings (SSSR count). The van der Waals surface area contributed by atoms with Gasteiger partial charge in [-0.25, -0.2) is 4.79 Å². The molecule has 0 aliphatic carbocycles. The van der Waals surface area contributed by atoms with E-state index in [1.165, 1.54) is 16.7 Å². The molecule has 26 heavy (non-hydrogen) atoms. The monoisotopic (exact) mass is 359 g/mol. The summed E-state index contributed by atoms with van der Waals surface area (Å²) < 4.78 is 0. The molecular weight excluding hydrogens is 342 g/mol. The lowest BCUT2D eigenvalue weighted by Crippen LogP contribution is -2.08. The van der Waals surface area contributed by atoms with Gasteiger partial charge in [-0.15, -0.1) is 11.3 Å². The number of benzene rings is 3. The van der Waals surface area contributed by atoms with Crippen molar-refractivity contribution in [2.45, 2.75) is 6.92 Å². The largest absolute Gasteiger partial charge is 0.477 e. The quantitative estimate of drug-likeness (QED) is 0.460. The molecule has 0 fully saturated rings. The topological polar surface area (TPSA) is 40.5 Å². The summed E-state index contributed by atoms with van der Waals surface area (Å²) in [6.07, 6.45) is 0. The highest BCUT2D eigenvalue weighted by molar-refractivity contribution is 7.18. The average molecular weight is 359 g/mol. The van der Waals surface area contributed by atoms with Crippen LogP contribution in [-0.4, -0.2) is 11.1 Å². The van der Waals surface area contributed by atoms with Crippen molar-refractivity contribution in [2.75, 3.05) is 4.90 Å². The first kappa shape index (κ1) is 16.4. The van der Waals surface area contributed by atoms with Crippen molar-refractivity contribution in [3.05, 3.63) is 89.3 Å². The minimum absolute atomic E-state index is 0.332. The molecule has 128 valence electrons. The van der Waals surface area contributed by atoms with Gasteiger partial charge in [-0.05, 0) is 59.7 Å². The van der Waals surface area contributed by atoms with Crippen LogP contribution >= 0.6 is 11.3 Å². The fourth-order valence-electron chi connectivity index (χ4n) is 3.05. The Morgan fingerprint density at radius 2 is 1.62 bits per heavy atom. The van der Waals surface area contributed by atoms with E-state index in [-0.39, 0.29) is 0 Å². The zero-order valence-corrected chi connectivity index (χ0v) is 15.0. The third kappa shape index (κ3) is 3.07. The fourth-order valence-corrected chi connectivity index (χ4v) is 3.94. The Bertz CT molecular complexity index is 1100. The molecule has 0 atom stereocenters. The van der Waals surface area contributed by atoms with E-state index in [1.54, 1.807) is 6.07 Å². The van der Waals surface area contributed by atoms with Crippen LogP contribution in [0.3, 0.4) is 0 Å². The molecule has 0 spiro atoms. The van der Waals surface area contributed by atoms with E-state index in [1.807, 2.05) is 30.3 Å². The van der Waals surface area contributed by atoms with Crippen LogP contribution in [0, 0.1) is 6.92 Å². The van der Waals surface area contributed by atoms with Gasteiger partial charge < -0.3 is 10.0 Å². The second-order valence-electron chi connectivity index (χ2n) is 6.15. The van der Waals surface area contributed by atoms with E-state index >= 15 is 0 Å². The van der Waals surface area contributed by atoms with Gasteiger partial charge in [-0.1, -0.05) is 42.5 Å². The maximum absolute atomic E-state index is 11.3. The van der Waals surface area contributed by atoms with Crippen molar-refractivity contribution < 1.29 is 9.90 Å². The smallest absolute Gasteiger partial charge is 0.345 e. The Morgan fingerprint density at radius 1 is 0.846 bits per heavy atom. The molecule has 0 bridgehead atoms. The number of carboxylic acids is 1. The summed E-state index contributed by atoms with van der Waals surface area (Å²) in [5.74, 6) is -0.899. The van der Waals surface area contributed by atoms with E-state index in [0.29, 0.717) is 4.88 Å². The van der Waals surface area contributed by atoms with Crippen LogP contribution in [0.15, 0.2) is 78.9 Å². The normalized spacial score (nSPS) is 10.8. The molecule has 4 aromatic rings. The van der Waals surface area contributed by atoms with E-state index in [9.17, 15) is 9.90 Å². The molecule has 0 unspecified atom stereocenters. The lowest BCUT2D eigenvalue weighted by molar-refractivity contribution is 0.0702. The van der Waals surface area contributed by atoms with Gasteiger partial charge in [0.1, 0.15) is 9.88 Å². The molecule has 0 saturated carbocycles. The molecule has 0 saturated heterocycles. The van der Waals surface area contributed by atoms with Crippen molar-refractivity contribution in [3.8, 4) is 0 Å². The maximum Gasteiger partial charge on any atom is 0.345 e. The molecule has 4 heteroatoms. The van der Waals surface area contributed by atoms with Crippen LogP contribution in [0.4, 0.5) is 16.4 Å². The minimum atomic E-state index is -0.899. The van der Waals surface area contributed by atoms with Gasteiger partial charge in [-0.2, -0.15) is 0 Å². The highest BCUT2D eigenvalue weighted by Gasteiger charge is 2.17. The predicted octanol–water partition coefficient (Wildman–Crippen LogP) is 6.38. The van der Waals surface area contributed by atoms with Gasteiger partial charge in [0.2, 0.25) is 0 Å². The first-order chi connectivity index (χ1) is 12.6. The zero-order chi connectivity index (χ0) is 18.1. The number of hydrogen-bond donors (Lipinski definition) is 1. The number of carboxylic acid groups (broad SMARTS) is 1. The third-order valence-corrected chi connectivity index (χ3v) is 5.33. The van der Waals surface area contributed by atoms with Crippen LogP contribution in [0.2, 0.25) is 0 Å². The van der Waals surface area contributed by atoms with Gasteiger partial charge in [-0.3, -0.25) is 0 Å². The van der Waals surface area contributed by atoms with Crippen molar-refractivity contribution in [2.24, 2.45) is 0 Å². The number of anilines is 3. The third-order valence-electron chi connectivity index (χ3n) is 4.27. The molecule has 1 N–H and O–H groups in total. The first-order valence-corrected chi connectivity index (χ1v) is 9.12. The molecule has 0 aliphatic heterocycles. The lowest BCUT2D eigenvalue weighted by Gasteiger charge is -2.24. The number of rotatable bonds is 4. The second kappa shape index (κ2) is 6.65. The van der Waals surface area contributed by atoms with Gasteiger partial charge in [0.05, 0.1) is 0 Å². The molecule has 3 nitrogen and oxygen atoms in total. The number of aryl methyl sites for hydroxylation is 1. The molecule has 0 amide bonds. The van der Waals surface area contributed by atoms with E-state index in [0.717, 1.165) is 27.3 Å². The van der Waals surface area contributed by atoms with Gasteiger partial charge in [0.15, 0.2) is 0 Å². The van der Waals surface area contributed by atoms with Crippen LogP contribution in [-0.2, 0) is 0 Å². The first-order valence-electron chi connectivity index (χ1n) is 8.30. The van der Waals surface area contributed by atoms with E-state index in [4.69, 9.17) is 0 Å². The summed E-state index contributed by atoms with van der Waals surface area (Å²) in [6, 6.07) is 26.3. The summed E-state index contributed by atoms with van der Waals surface area (Å²) in [4.78, 5) is 13.8. The molecular formula is C22H17NO2S. The summed E-state index contributed by atoms with van der Waals surface area (Å²) in [7, 11) is 0.